The zero-order valence-corrected chi connectivity index (χ0v) is 12.9. The van der Waals surface area contributed by atoms with Gasteiger partial charge in [-0.1, -0.05) is 0 Å². The molecule has 4 aromatic heterocycles. The molecule has 0 aliphatic rings. The molecule has 4 rings (SSSR count). The molecule has 0 radical (unpaired) electrons. The monoisotopic (exact) mass is 318 g/mol. The number of nitrogen functional groups attached to an aromatic ring is 1. The lowest BCUT2D eigenvalue weighted by molar-refractivity contribution is 0.418. The molecule has 0 aliphatic heterocycles. The van der Waals surface area contributed by atoms with Crippen LogP contribution in [0.5, 0.6) is 5.75 Å². The van der Waals surface area contributed by atoms with Crippen LogP contribution in [0.15, 0.2) is 55.4 Å². The first kappa shape index (κ1) is 14.1. The molecular formula is C17H14N6O. The van der Waals surface area contributed by atoms with Gasteiger partial charge in [0.2, 0.25) is 0 Å². The maximum Gasteiger partial charge on any atom is 0.162 e. The van der Waals surface area contributed by atoms with E-state index in [0.717, 1.165) is 10.9 Å². The Balaban J connectivity index is 2.06. The predicted molar refractivity (Wildman–Crippen MR) is 90.9 cm³/mol. The lowest BCUT2D eigenvalue weighted by atomic mass is 10.2. The predicted octanol–water partition coefficient (Wildman–Crippen LogP) is 2.47. The van der Waals surface area contributed by atoms with Gasteiger partial charge in [0.25, 0.3) is 0 Å². The van der Waals surface area contributed by atoms with Crippen LogP contribution in [-0.4, -0.2) is 31.6 Å². The molecule has 7 heteroatoms. The first-order valence-electron chi connectivity index (χ1n) is 7.30. The standard InChI is InChI=1S/C17H14N6O/c1-24-14-9-20-8-13-15(14)17(23-7-4-12(18)10-23)22-16(21-13)11-2-5-19-6-3-11/h2-10H,18H2,1H3. The fourth-order valence-electron chi connectivity index (χ4n) is 2.55. The normalized spacial score (nSPS) is 10.9. The van der Waals surface area contributed by atoms with Gasteiger partial charge in [-0.3, -0.25) is 9.97 Å². The van der Waals surface area contributed by atoms with Gasteiger partial charge in [0.1, 0.15) is 5.75 Å². The molecule has 2 N–H and O–H groups in total. The number of rotatable bonds is 3. The van der Waals surface area contributed by atoms with Crippen molar-refractivity contribution in [2.24, 2.45) is 0 Å². The number of pyridine rings is 2. The van der Waals surface area contributed by atoms with E-state index in [1.165, 1.54) is 0 Å². The smallest absolute Gasteiger partial charge is 0.162 e. The van der Waals surface area contributed by atoms with E-state index < -0.39 is 0 Å². The summed E-state index contributed by atoms with van der Waals surface area (Å²) >= 11 is 0. The highest BCUT2D eigenvalue weighted by atomic mass is 16.5. The van der Waals surface area contributed by atoms with Crippen LogP contribution in [0.3, 0.4) is 0 Å². The van der Waals surface area contributed by atoms with Crippen molar-refractivity contribution < 1.29 is 4.74 Å². The number of ether oxygens (including phenoxy) is 1. The van der Waals surface area contributed by atoms with Crippen molar-refractivity contribution in [2.75, 3.05) is 12.8 Å². The van der Waals surface area contributed by atoms with Crippen LogP contribution in [0, 0.1) is 0 Å². The topological polar surface area (TPSA) is 91.7 Å². The van der Waals surface area contributed by atoms with E-state index in [9.17, 15) is 0 Å². The van der Waals surface area contributed by atoms with Crippen LogP contribution >= 0.6 is 0 Å². The SMILES string of the molecule is COc1cncc2nc(-c3ccncc3)nc(-n3ccc(N)c3)c12. The quantitative estimate of drug-likeness (QED) is 0.624. The Morgan fingerprint density at radius 3 is 2.58 bits per heavy atom. The van der Waals surface area contributed by atoms with Crippen molar-refractivity contribution in [2.45, 2.75) is 0 Å². The van der Waals surface area contributed by atoms with E-state index in [4.69, 9.17) is 15.5 Å². The van der Waals surface area contributed by atoms with Gasteiger partial charge >= 0.3 is 0 Å². The molecule has 0 amide bonds. The third-order valence-corrected chi connectivity index (χ3v) is 3.67. The van der Waals surface area contributed by atoms with Gasteiger partial charge < -0.3 is 15.0 Å². The Labute approximate surface area is 137 Å². The zero-order chi connectivity index (χ0) is 16.5. The molecule has 0 unspecified atom stereocenters. The number of hydrogen-bond donors (Lipinski definition) is 1. The van der Waals surface area contributed by atoms with Crippen LogP contribution in [0.25, 0.3) is 28.1 Å². The Morgan fingerprint density at radius 1 is 1.04 bits per heavy atom. The summed E-state index contributed by atoms with van der Waals surface area (Å²) in [6.45, 7) is 0. The fourth-order valence-corrected chi connectivity index (χ4v) is 2.55. The van der Waals surface area contributed by atoms with Crippen LogP contribution in [0.2, 0.25) is 0 Å². The minimum absolute atomic E-state index is 0.585. The molecule has 0 fully saturated rings. The van der Waals surface area contributed by atoms with Gasteiger partial charge in [0.05, 0.1) is 30.4 Å². The maximum absolute atomic E-state index is 5.86. The van der Waals surface area contributed by atoms with Gasteiger partial charge in [0.15, 0.2) is 11.6 Å². The van der Waals surface area contributed by atoms with Gasteiger partial charge in [-0.05, 0) is 18.2 Å². The lowest BCUT2D eigenvalue weighted by Gasteiger charge is -2.12. The van der Waals surface area contributed by atoms with Crippen molar-refractivity contribution in [1.82, 2.24) is 24.5 Å². The summed E-state index contributed by atoms with van der Waals surface area (Å²) in [7, 11) is 1.60. The highest BCUT2D eigenvalue weighted by Gasteiger charge is 2.15. The highest BCUT2D eigenvalue weighted by molar-refractivity contribution is 5.92. The minimum Gasteiger partial charge on any atom is -0.494 e. The summed E-state index contributed by atoms with van der Waals surface area (Å²) in [5, 5.41) is 0.779. The molecule has 0 bridgehead atoms. The molecule has 4 heterocycles. The fraction of sp³-hybridized carbons (Fsp3) is 0.0588. The van der Waals surface area contributed by atoms with Crippen LogP contribution in [-0.2, 0) is 0 Å². The van der Waals surface area contributed by atoms with Gasteiger partial charge in [0, 0.05) is 36.0 Å². The van der Waals surface area contributed by atoms with Gasteiger partial charge in [-0.15, -0.1) is 0 Å². The summed E-state index contributed by atoms with van der Waals surface area (Å²) in [6.07, 6.45) is 10.4. The number of aromatic nitrogens is 5. The number of nitrogens with two attached hydrogens (primary N) is 1. The Morgan fingerprint density at radius 2 is 1.88 bits per heavy atom. The van der Waals surface area contributed by atoms with Crippen LogP contribution in [0.1, 0.15) is 0 Å². The number of methoxy groups -OCH3 is 1. The molecule has 118 valence electrons. The molecule has 0 saturated carbocycles. The van der Waals surface area contributed by atoms with Crippen LogP contribution < -0.4 is 10.5 Å². The number of anilines is 1. The second-order valence-electron chi connectivity index (χ2n) is 5.19. The van der Waals surface area contributed by atoms with E-state index in [0.29, 0.717) is 28.6 Å². The van der Waals surface area contributed by atoms with E-state index in [-0.39, 0.29) is 0 Å². The van der Waals surface area contributed by atoms with Gasteiger partial charge in [-0.25, -0.2) is 9.97 Å². The van der Waals surface area contributed by atoms with E-state index in [2.05, 4.69) is 15.0 Å². The molecule has 24 heavy (non-hydrogen) atoms. The number of hydrogen-bond acceptors (Lipinski definition) is 6. The minimum atomic E-state index is 0.585. The molecule has 0 atom stereocenters. The van der Waals surface area contributed by atoms with Crippen molar-refractivity contribution in [3.63, 3.8) is 0 Å². The summed E-state index contributed by atoms with van der Waals surface area (Å²) in [6, 6.07) is 5.54. The summed E-state index contributed by atoms with van der Waals surface area (Å²) in [5.74, 6) is 1.88. The number of fused-ring (bicyclic) bond motifs is 1. The van der Waals surface area contributed by atoms with Crippen molar-refractivity contribution >= 4 is 16.6 Å². The van der Waals surface area contributed by atoms with Gasteiger partial charge in [-0.2, -0.15) is 0 Å². The first-order valence-corrected chi connectivity index (χ1v) is 7.30. The average molecular weight is 318 g/mol. The molecule has 0 aromatic carbocycles. The largest absolute Gasteiger partial charge is 0.494 e. The second-order valence-corrected chi connectivity index (χ2v) is 5.19. The van der Waals surface area contributed by atoms with E-state index >= 15 is 0 Å². The second kappa shape index (κ2) is 5.62. The Hall–Kier alpha value is -3.48. The zero-order valence-electron chi connectivity index (χ0n) is 12.9. The Bertz CT molecular complexity index is 1010. The van der Waals surface area contributed by atoms with E-state index in [1.54, 1.807) is 38.1 Å². The molecule has 7 nitrogen and oxygen atoms in total. The van der Waals surface area contributed by atoms with E-state index in [1.807, 2.05) is 29.0 Å². The maximum atomic E-state index is 5.86. The third kappa shape index (κ3) is 2.32. The van der Waals surface area contributed by atoms with Crippen LogP contribution in [0.4, 0.5) is 5.69 Å². The third-order valence-electron chi connectivity index (χ3n) is 3.67. The molecule has 0 spiro atoms. The highest BCUT2D eigenvalue weighted by Crippen LogP contribution is 2.30. The molecule has 0 saturated heterocycles. The Kier molecular flexibility index (Phi) is 3.31. The van der Waals surface area contributed by atoms with Crippen molar-refractivity contribution in [3.8, 4) is 23.0 Å². The summed E-state index contributed by atoms with van der Waals surface area (Å²) < 4.78 is 7.30. The first-order chi connectivity index (χ1) is 11.8. The van der Waals surface area contributed by atoms with Crippen molar-refractivity contribution in [1.29, 1.82) is 0 Å². The van der Waals surface area contributed by atoms with Crippen molar-refractivity contribution in [3.05, 3.63) is 55.4 Å². The molecule has 0 aliphatic carbocycles. The average Bonchev–Trinajstić information content (AvgIpc) is 3.07. The molecule has 4 aromatic rings. The molecular weight excluding hydrogens is 304 g/mol. The lowest BCUT2D eigenvalue weighted by Crippen LogP contribution is -2.03. The summed E-state index contributed by atoms with van der Waals surface area (Å²) in [5.41, 5.74) is 8.08. The summed E-state index contributed by atoms with van der Waals surface area (Å²) in [4.78, 5) is 17.6. The number of nitrogens with zero attached hydrogens (tertiary/aromatic N) is 5.